The first kappa shape index (κ1) is 14.6. The second-order valence-corrected chi connectivity index (χ2v) is 5.18. The van der Waals surface area contributed by atoms with Crippen LogP contribution in [0.4, 0.5) is 8.78 Å². The van der Waals surface area contributed by atoms with Crippen molar-refractivity contribution in [1.29, 1.82) is 0 Å². The first-order chi connectivity index (χ1) is 9.49. The van der Waals surface area contributed by atoms with Crippen LogP contribution in [-0.2, 0) is 6.54 Å². The monoisotopic (exact) mass is 340 g/mol. The van der Waals surface area contributed by atoms with Crippen molar-refractivity contribution in [2.24, 2.45) is 0 Å². The van der Waals surface area contributed by atoms with E-state index in [1.807, 2.05) is 0 Å². The molecule has 20 heavy (non-hydrogen) atoms. The molecule has 2 aromatic rings. The van der Waals surface area contributed by atoms with Gasteiger partial charge >= 0.3 is 0 Å². The quantitative estimate of drug-likeness (QED) is 0.857. The van der Waals surface area contributed by atoms with Gasteiger partial charge in [0, 0.05) is 30.5 Å². The lowest BCUT2D eigenvalue weighted by molar-refractivity contribution is 0.0775. The van der Waals surface area contributed by atoms with Crippen molar-refractivity contribution in [1.82, 2.24) is 9.88 Å². The van der Waals surface area contributed by atoms with Crippen molar-refractivity contribution in [3.63, 3.8) is 0 Å². The van der Waals surface area contributed by atoms with E-state index in [2.05, 4.69) is 20.9 Å². The molecule has 0 aliphatic carbocycles. The molecule has 0 bridgehead atoms. The molecule has 0 unspecified atom stereocenters. The van der Waals surface area contributed by atoms with Crippen molar-refractivity contribution in [2.45, 2.75) is 6.54 Å². The zero-order valence-electron chi connectivity index (χ0n) is 10.6. The number of benzene rings is 1. The maximum Gasteiger partial charge on any atom is 0.259 e. The summed E-state index contributed by atoms with van der Waals surface area (Å²) >= 11 is 2.98. The number of rotatable bonds is 3. The largest absolute Gasteiger partial charge is 0.337 e. The summed E-state index contributed by atoms with van der Waals surface area (Å²) in [6, 6.07) is 5.60. The van der Waals surface area contributed by atoms with Gasteiger partial charge in [-0.25, -0.2) is 8.78 Å². The highest BCUT2D eigenvalue weighted by atomic mass is 79.9. The molecule has 0 aliphatic rings. The molecule has 1 aromatic heterocycles. The van der Waals surface area contributed by atoms with Crippen molar-refractivity contribution in [2.75, 3.05) is 7.05 Å². The second-order valence-electron chi connectivity index (χ2n) is 4.26. The number of aromatic nitrogens is 1. The number of pyridine rings is 1. The smallest absolute Gasteiger partial charge is 0.259 e. The fraction of sp³-hybridized carbons (Fsp3) is 0.143. The summed E-state index contributed by atoms with van der Waals surface area (Å²) in [5.74, 6) is -2.48. The van der Waals surface area contributed by atoms with E-state index >= 15 is 0 Å². The maximum atomic E-state index is 13.7. The Hall–Kier alpha value is -1.82. The Balaban J connectivity index is 2.23. The molecule has 0 fully saturated rings. The minimum Gasteiger partial charge on any atom is -0.337 e. The van der Waals surface area contributed by atoms with Gasteiger partial charge in [-0.1, -0.05) is 15.9 Å². The SMILES string of the molecule is CN(Cc1ccncc1)C(=O)c1c(F)cc(Br)cc1F. The number of hydrogen-bond acceptors (Lipinski definition) is 2. The van der Waals surface area contributed by atoms with Crippen LogP contribution in [0.1, 0.15) is 15.9 Å². The third kappa shape index (κ3) is 3.19. The molecule has 0 aliphatic heterocycles. The van der Waals surface area contributed by atoms with Crippen molar-refractivity contribution in [3.05, 3.63) is 63.9 Å². The lowest BCUT2D eigenvalue weighted by Crippen LogP contribution is -2.28. The highest BCUT2D eigenvalue weighted by molar-refractivity contribution is 9.10. The van der Waals surface area contributed by atoms with Gasteiger partial charge in [0.2, 0.25) is 0 Å². The first-order valence-corrected chi connectivity index (χ1v) is 6.57. The summed E-state index contributed by atoms with van der Waals surface area (Å²) in [7, 11) is 1.49. The molecule has 0 spiro atoms. The van der Waals surface area contributed by atoms with E-state index in [-0.39, 0.29) is 11.0 Å². The predicted molar refractivity (Wildman–Crippen MR) is 74.1 cm³/mol. The molecule has 0 N–H and O–H groups in total. The minimum atomic E-state index is -0.886. The Bertz CT molecular complexity index is 611. The van der Waals surface area contributed by atoms with E-state index < -0.39 is 23.1 Å². The number of nitrogens with zero attached hydrogens (tertiary/aromatic N) is 2. The van der Waals surface area contributed by atoms with Gasteiger partial charge in [-0.15, -0.1) is 0 Å². The lowest BCUT2D eigenvalue weighted by Gasteiger charge is -2.18. The van der Waals surface area contributed by atoms with Gasteiger partial charge in [-0.3, -0.25) is 9.78 Å². The van der Waals surface area contributed by atoms with E-state index in [4.69, 9.17) is 0 Å². The molecular formula is C14H11BrF2N2O. The summed E-state index contributed by atoms with van der Waals surface area (Å²) in [5.41, 5.74) is 0.276. The van der Waals surface area contributed by atoms with Crippen LogP contribution < -0.4 is 0 Å². The third-order valence-electron chi connectivity index (χ3n) is 2.74. The van der Waals surface area contributed by atoms with E-state index in [0.717, 1.165) is 17.7 Å². The molecule has 0 saturated heterocycles. The number of hydrogen-bond donors (Lipinski definition) is 0. The van der Waals surface area contributed by atoms with Gasteiger partial charge in [0.05, 0.1) is 0 Å². The zero-order valence-corrected chi connectivity index (χ0v) is 12.2. The van der Waals surface area contributed by atoms with E-state index in [9.17, 15) is 13.6 Å². The molecule has 3 nitrogen and oxygen atoms in total. The van der Waals surface area contributed by atoms with Crippen molar-refractivity contribution >= 4 is 21.8 Å². The van der Waals surface area contributed by atoms with Gasteiger partial charge in [-0.2, -0.15) is 0 Å². The van der Waals surface area contributed by atoms with Crippen LogP contribution in [-0.4, -0.2) is 22.8 Å². The van der Waals surface area contributed by atoms with Crippen LogP contribution in [0.3, 0.4) is 0 Å². The molecule has 1 amide bonds. The van der Waals surface area contributed by atoms with Gasteiger partial charge in [0.15, 0.2) is 0 Å². The Kier molecular flexibility index (Phi) is 4.44. The summed E-state index contributed by atoms with van der Waals surface area (Å²) < 4.78 is 27.7. The highest BCUT2D eigenvalue weighted by Gasteiger charge is 2.21. The third-order valence-corrected chi connectivity index (χ3v) is 3.19. The van der Waals surface area contributed by atoms with Gasteiger partial charge in [0.1, 0.15) is 17.2 Å². The average Bonchev–Trinajstić information content (AvgIpc) is 2.38. The standard InChI is InChI=1S/C14H11BrF2N2O/c1-19(8-9-2-4-18-5-3-9)14(20)13-11(16)6-10(15)7-12(13)17/h2-7H,8H2,1H3. The highest BCUT2D eigenvalue weighted by Crippen LogP contribution is 2.21. The fourth-order valence-electron chi connectivity index (χ4n) is 1.77. The molecule has 104 valence electrons. The Morgan fingerprint density at radius 3 is 2.35 bits per heavy atom. The molecule has 2 rings (SSSR count). The van der Waals surface area contributed by atoms with E-state index in [0.29, 0.717) is 0 Å². The van der Waals surface area contributed by atoms with Crippen LogP contribution >= 0.6 is 15.9 Å². The fourth-order valence-corrected chi connectivity index (χ4v) is 2.17. The van der Waals surface area contributed by atoms with Crippen LogP contribution in [0, 0.1) is 11.6 Å². The molecule has 1 heterocycles. The summed E-state index contributed by atoms with van der Waals surface area (Å²) in [5, 5.41) is 0. The molecular weight excluding hydrogens is 330 g/mol. The van der Waals surface area contributed by atoms with Crippen LogP contribution in [0.15, 0.2) is 41.1 Å². The minimum absolute atomic E-state index is 0.246. The number of amides is 1. The van der Waals surface area contributed by atoms with Gasteiger partial charge < -0.3 is 4.90 Å². The average molecular weight is 341 g/mol. The predicted octanol–water partition coefficient (Wildman–Crippen LogP) is 3.39. The number of carbonyl (C=O) groups is 1. The van der Waals surface area contributed by atoms with Gasteiger partial charge in [-0.05, 0) is 29.8 Å². The molecule has 0 saturated carbocycles. The Morgan fingerprint density at radius 1 is 1.25 bits per heavy atom. The Morgan fingerprint density at radius 2 is 1.80 bits per heavy atom. The lowest BCUT2D eigenvalue weighted by atomic mass is 10.1. The molecule has 0 atom stereocenters. The van der Waals surface area contributed by atoms with Crippen LogP contribution in [0.25, 0.3) is 0 Å². The van der Waals surface area contributed by atoms with E-state index in [1.165, 1.54) is 11.9 Å². The van der Waals surface area contributed by atoms with Crippen molar-refractivity contribution < 1.29 is 13.6 Å². The van der Waals surface area contributed by atoms with Crippen LogP contribution in [0.5, 0.6) is 0 Å². The summed E-state index contributed by atoms with van der Waals surface area (Å²) in [6.07, 6.45) is 3.18. The zero-order chi connectivity index (χ0) is 14.7. The van der Waals surface area contributed by atoms with Crippen LogP contribution in [0.2, 0.25) is 0 Å². The second kappa shape index (κ2) is 6.09. The maximum absolute atomic E-state index is 13.7. The van der Waals surface area contributed by atoms with Gasteiger partial charge in [0.25, 0.3) is 5.91 Å². The Labute approximate surface area is 123 Å². The number of carbonyl (C=O) groups excluding carboxylic acids is 1. The molecule has 0 radical (unpaired) electrons. The molecule has 6 heteroatoms. The van der Waals surface area contributed by atoms with Crippen molar-refractivity contribution in [3.8, 4) is 0 Å². The first-order valence-electron chi connectivity index (χ1n) is 5.78. The summed E-state index contributed by atoms with van der Waals surface area (Å²) in [4.78, 5) is 17.2. The summed E-state index contributed by atoms with van der Waals surface area (Å²) in [6.45, 7) is 0.246. The number of halogens is 3. The molecule has 1 aromatic carbocycles. The normalized spacial score (nSPS) is 10.4. The van der Waals surface area contributed by atoms with E-state index in [1.54, 1.807) is 24.5 Å². The topological polar surface area (TPSA) is 33.2 Å².